The monoisotopic (exact) mass is 690 g/mol. The molecule has 0 aromatic heterocycles. The Balaban J connectivity index is 1.46. The molecule has 11 heteroatoms. The second-order valence-corrected chi connectivity index (χ2v) is 21.1. The van der Waals surface area contributed by atoms with Crippen LogP contribution in [0.25, 0.3) is 0 Å². The molecule has 1 aromatic carbocycles. The normalized spacial score (nSPS) is 39.8. The van der Waals surface area contributed by atoms with Gasteiger partial charge in [-0.25, -0.2) is 4.79 Å². The van der Waals surface area contributed by atoms with Crippen LogP contribution in [-0.4, -0.2) is 86.6 Å². The van der Waals surface area contributed by atoms with Crippen molar-refractivity contribution in [1.82, 2.24) is 0 Å². The zero-order valence-electron chi connectivity index (χ0n) is 31.0. The van der Waals surface area contributed by atoms with Gasteiger partial charge >= 0.3 is 5.97 Å². The summed E-state index contributed by atoms with van der Waals surface area (Å²) in [5.41, 5.74) is -0.978. The van der Waals surface area contributed by atoms with Gasteiger partial charge in [0.05, 0.1) is 19.3 Å². The number of carbonyl (C=O) groups is 1. The molecule has 1 aromatic rings. The predicted octanol–water partition coefficient (Wildman–Crippen LogP) is 6.82. The molecule has 0 spiro atoms. The van der Waals surface area contributed by atoms with E-state index >= 15 is 0 Å². The Hall–Kier alpha value is -1.67. The topological polar surface area (TPSA) is 111 Å². The molecule has 0 aliphatic carbocycles. The average molecular weight is 691 g/mol. The summed E-state index contributed by atoms with van der Waals surface area (Å²) in [6.07, 6.45) is -0.683. The number of hydrogen-bond donors (Lipinski definition) is 1. The molecule has 270 valence electrons. The van der Waals surface area contributed by atoms with Crippen molar-refractivity contribution < 1.29 is 47.5 Å². The van der Waals surface area contributed by atoms with Gasteiger partial charge in [-0.15, -0.1) is 0 Å². The number of benzene rings is 1. The van der Waals surface area contributed by atoms with E-state index in [0.717, 1.165) is 11.1 Å². The molecule has 4 aliphatic heterocycles. The maximum atomic E-state index is 13.5. The Bertz CT molecular complexity index is 1340. The summed E-state index contributed by atoms with van der Waals surface area (Å²) < 4.78 is 52.6. The van der Waals surface area contributed by atoms with E-state index in [0.29, 0.717) is 13.0 Å². The molecule has 4 aliphatic rings. The van der Waals surface area contributed by atoms with Gasteiger partial charge in [-0.3, -0.25) is 0 Å². The molecule has 5 rings (SSSR count). The van der Waals surface area contributed by atoms with Crippen molar-refractivity contribution >= 4 is 14.3 Å². The number of carboxylic acid groups (broad SMARTS) is 1. The van der Waals surface area contributed by atoms with Crippen LogP contribution in [0.1, 0.15) is 80.7 Å². The molecule has 1 N–H and O–H groups in total. The third-order valence-electron chi connectivity index (χ3n) is 11.5. The number of carboxylic acids is 1. The van der Waals surface area contributed by atoms with Crippen LogP contribution in [0.3, 0.4) is 0 Å². The fraction of sp³-hybridized carbons (Fsp3) is 0.757. The van der Waals surface area contributed by atoms with E-state index in [9.17, 15) is 9.90 Å². The summed E-state index contributed by atoms with van der Waals surface area (Å²) >= 11 is 0. The summed E-state index contributed by atoms with van der Waals surface area (Å²) in [5.74, 6) is -3.62. The van der Waals surface area contributed by atoms with E-state index in [1.807, 2.05) is 78.0 Å². The van der Waals surface area contributed by atoms with E-state index < -0.39 is 67.8 Å². The average Bonchev–Trinajstić information content (AvgIpc) is 3.63. The molecule has 4 heterocycles. The zero-order valence-corrected chi connectivity index (χ0v) is 32.0. The van der Waals surface area contributed by atoms with Crippen LogP contribution in [0, 0.1) is 11.8 Å². The summed E-state index contributed by atoms with van der Waals surface area (Å²) in [5, 5.41) is 11.0. The largest absolute Gasteiger partial charge is 0.479 e. The molecular formula is C37H58O10Si. The molecule has 5 unspecified atom stereocenters. The lowest BCUT2D eigenvalue weighted by atomic mass is 9.78. The predicted molar refractivity (Wildman–Crippen MR) is 183 cm³/mol. The first-order valence-corrected chi connectivity index (χ1v) is 20.3. The number of aliphatic carboxylic acids is 1. The number of fused-ring (bicyclic) bond motifs is 1. The first-order chi connectivity index (χ1) is 22.3. The first kappa shape index (κ1) is 37.6. The Morgan fingerprint density at radius 2 is 1.69 bits per heavy atom. The molecule has 0 radical (unpaired) electrons. The minimum atomic E-state index is -2.19. The van der Waals surface area contributed by atoms with E-state index in [4.69, 9.17) is 37.6 Å². The van der Waals surface area contributed by atoms with E-state index in [2.05, 4.69) is 33.9 Å². The highest BCUT2D eigenvalue weighted by Crippen LogP contribution is 2.55. The fourth-order valence-corrected chi connectivity index (χ4v) is 8.71. The van der Waals surface area contributed by atoms with Gasteiger partial charge < -0.3 is 42.7 Å². The van der Waals surface area contributed by atoms with Gasteiger partial charge in [-0.05, 0) is 68.8 Å². The van der Waals surface area contributed by atoms with E-state index in [1.54, 1.807) is 7.11 Å². The van der Waals surface area contributed by atoms with Gasteiger partial charge in [-0.1, -0.05) is 78.0 Å². The number of hydrogen-bond acceptors (Lipinski definition) is 9. The molecule has 10 nitrogen and oxygen atoms in total. The lowest BCUT2D eigenvalue weighted by Crippen LogP contribution is -2.62. The van der Waals surface area contributed by atoms with Crippen molar-refractivity contribution in [3.05, 3.63) is 47.5 Å². The van der Waals surface area contributed by atoms with Gasteiger partial charge in [0.15, 0.2) is 31.8 Å². The molecule has 3 saturated heterocycles. The lowest BCUT2D eigenvalue weighted by Gasteiger charge is -2.49. The van der Waals surface area contributed by atoms with Crippen LogP contribution in [0.2, 0.25) is 18.1 Å². The SMILES string of the molecule is CCC1([C@@H]2OC(C(=O)O)(C3O[C@@](CO[Si](C)(C)C(C)(C)C)(OC)[C@H](C)C=C3C)C[C@@H]2C)O[C@H](OCc2ccccc2)C2OC(C)(C)OC21. The van der Waals surface area contributed by atoms with Crippen molar-refractivity contribution in [2.75, 3.05) is 13.7 Å². The maximum Gasteiger partial charge on any atom is 0.339 e. The third-order valence-corrected chi connectivity index (χ3v) is 16.0. The van der Waals surface area contributed by atoms with Gasteiger partial charge in [0.1, 0.15) is 23.9 Å². The highest BCUT2D eigenvalue weighted by atomic mass is 28.4. The number of methoxy groups -OCH3 is 1. The van der Waals surface area contributed by atoms with Crippen LogP contribution in [0.4, 0.5) is 0 Å². The summed E-state index contributed by atoms with van der Waals surface area (Å²) in [7, 11) is -0.594. The first-order valence-electron chi connectivity index (χ1n) is 17.4. The van der Waals surface area contributed by atoms with E-state index in [1.165, 1.54) is 0 Å². The van der Waals surface area contributed by atoms with Crippen LogP contribution in [0.15, 0.2) is 42.0 Å². The summed E-state index contributed by atoms with van der Waals surface area (Å²) in [4.78, 5) is 13.5. The highest BCUT2D eigenvalue weighted by molar-refractivity contribution is 6.74. The molecule has 0 bridgehead atoms. The number of ether oxygens (including phenoxy) is 7. The van der Waals surface area contributed by atoms with Crippen LogP contribution >= 0.6 is 0 Å². The van der Waals surface area contributed by atoms with Crippen LogP contribution < -0.4 is 0 Å². The van der Waals surface area contributed by atoms with Crippen molar-refractivity contribution in [3.63, 3.8) is 0 Å². The molecule has 48 heavy (non-hydrogen) atoms. The third kappa shape index (κ3) is 6.48. The quantitative estimate of drug-likeness (QED) is 0.196. The highest BCUT2D eigenvalue weighted by Gasteiger charge is 2.71. The summed E-state index contributed by atoms with van der Waals surface area (Å²) in [6.45, 7) is 23.1. The Kier molecular flexibility index (Phi) is 10.3. The minimum absolute atomic E-state index is 0.0264. The van der Waals surface area contributed by atoms with Gasteiger partial charge in [0, 0.05) is 13.0 Å². The van der Waals surface area contributed by atoms with Crippen LogP contribution in [-0.2, 0) is 49.0 Å². The van der Waals surface area contributed by atoms with Crippen LogP contribution in [0.5, 0.6) is 0 Å². The molecule has 0 amide bonds. The second kappa shape index (κ2) is 13.1. The fourth-order valence-electron chi connectivity index (χ4n) is 7.72. The van der Waals surface area contributed by atoms with Gasteiger partial charge in [0.25, 0.3) is 0 Å². The number of rotatable bonds is 11. The standard InChI is InChI=1S/C37H58O10Si/c1-13-35(30-27(43-34(8,9)44-30)31(47-35)41-21-26-17-15-14-16-18-26)29-24(3)20-36(45-29,32(38)39)28-23(2)19-25(4)37(40-10,46-28)22-42-48(11,12)33(5,6)7/h14-19,24-25,27-31H,13,20-22H2,1-12H3,(H,38,39)/t24-,25+,27?,28?,29+,30?,31-,35?,36?,37+/m0/s1. The Morgan fingerprint density at radius 3 is 2.27 bits per heavy atom. The van der Waals surface area contributed by atoms with Crippen molar-refractivity contribution in [3.8, 4) is 0 Å². The second-order valence-electron chi connectivity index (χ2n) is 16.3. The van der Waals surface area contributed by atoms with Crippen molar-refractivity contribution in [1.29, 1.82) is 0 Å². The maximum absolute atomic E-state index is 13.5. The molecular weight excluding hydrogens is 632 g/mol. The van der Waals surface area contributed by atoms with Gasteiger partial charge in [-0.2, -0.15) is 0 Å². The lowest BCUT2D eigenvalue weighted by molar-refractivity contribution is -0.312. The van der Waals surface area contributed by atoms with Crippen molar-refractivity contribution in [2.24, 2.45) is 11.8 Å². The molecule has 0 saturated carbocycles. The van der Waals surface area contributed by atoms with E-state index in [-0.39, 0.29) is 29.9 Å². The minimum Gasteiger partial charge on any atom is -0.479 e. The Morgan fingerprint density at radius 1 is 1.02 bits per heavy atom. The molecule has 10 atom stereocenters. The summed E-state index contributed by atoms with van der Waals surface area (Å²) in [6, 6.07) is 9.89. The van der Waals surface area contributed by atoms with Crippen molar-refractivity contribution in [2.45, 2.75) is 153 Å². The van der Waals surface area contributed by atoms with Gasteiger partial charge in [0.2, 0.25) is 0 Å². The molecule has 3 fully saturated rings. The zero-order chi connectivity index (χ0) is 35.5. The Labute approximate surface area is 287 Å². The smallest absolute Gasteiger partial charge is 0.339 e.